The molecular formula is C19H27N3O2. The van der Waals surface area contributed by atoms with E-state index >= 15 is 0 Å². The van der Waals surface area contributed by atoms with Crippen molar-refractivity contribution in [2.75, 3.05) is 26.7 Å². The van der Waals surface area contributed by atoms with E-state index in [2.05, 4.69) is 30.1 Å². The third-order valence-corrected chi connectivity index (χ3v) is 4.30. The van der Waals surface area contributed by atoms with Gasteiger partial charge in [0.15, 0.2) is 0 Å². The molecule has 24 heavy (non-hydrogen) atoms. The smallest absolute Gasteiger partial charge is 0.225 e. The van der Waals surface area contributed by atoms with Gasteiger partial charge in [-0.15, -0.1) is 0 Å². The van der Waals surface area contributed by atoms with E-state index in [4.69, 9.17) is 4.74 Å². The molecule has 1 aliphatic heterocycles. The number of piperidine rings is 1. The second-order valence-corrected chi connectivity index (χ2v) is 7.07. The summed E-state index contributed by atoms with van der Waals surface area (Å²) in [6.45, 7) is 6.55. The Morgan fingerprint density at radius 1 is 1.33 bits per heavy atom. The van der Waals surface area contributed by atoms with Gasteiger partial charge in [-0.05, 0) is 43.5 Å². The highest BCUT2D eigenvalue weighted by Gasteiger charge is 2.35. The number of hydrogen-bond donors (Lipinski definition) is 1. The number of amides is 1. The number of carbonyl (C=O) groups excluding carboxylic acids is 1. The van der Waals surface area contributed by atoms with Gasteiger partial charge in [0.05, 0.1) is 19.1 Å². The van der Waals surface area contributed by atoms with Crippen LogP contribution in [0.4, 0.5) is 0 Å². The number of nitrogens with one attached hydrogen (secondary N) is 1. The Morgan fingerprint density at radius 2 is 1.96 bits per heavy atom. The first-order valence-corrected chi connectivity index (χ1v) is 8.55. The monoisotopic (exact) mass is 329 g/mol. The van der Waals surface area contributed by atoms with E-state index in [9.17, 15) is 10.1 Å². The summed E-state index contributed by atoms with van der Waals surface area (Å²) < 4.78 is 5.64. The average molecular weight is 329 g/mol. The number of benzene rings is 1. The first-order valence-electron chi connectivity index (χ1n) is 8.55. The lowest BCUT2D eigenvalue weighted by atomic mass is 9.89. The molecule has 0 radical (unpaired) electrons. The maximum atomic E-state index is 12.3. The Balaban J connectivity index is 1.89. The molecule has 1 aromatic rings. The topological polar surface area (TPSA) is 65.4 Å². The van der Waals surface area contributed by atoms with Crippen LogP contribution in [0.25, 0.3) is 0 Å². The second-order valence-electron chi connectivity index (χ2n) is 7.07. The maximum absolute atomic E-state index is 12.3. The number of nitriles is 1. The lowest BCUT2D eigenvalue weighted by Crippen LogP contribution is -2.54. The van der Waals surface area contributed by atoms with Gasteiger partial charge >= 0.3 is 0 Å². The molecule has 1 saturated heterocycles. The highest BCUT2D eigenvalue weighted by molar-refractivity contribution is 5.79. The normalized spacial score (nSPS) is 17.3. The van der Waals surface area contributed by atoms with E-state index in [0.717, 1.165) is 24.4 Å². The van der Waals surface area contributed by atoms with Crippen molar-refractivity contribution < 1.29 is 9.53 Å². The summed E-state index contributed by atoms with van der Waals surface area (Å²) in [7, 11) is 2.03. The standard InChI is InChI=1S/C19H27N3O2/c1-15(2)13-24-17-6-4-16(5-7-17)12-18(23)21-19(14-20)8-10-22(3)11-9-19/h4-7,15H,8-13H2,1-3H3,(H,21,23). The largest absolute Gasteiger partial charge is 0.493 e. The van der Waals surface area contributed by atoms with Gasteiger partial charge in [0.1, 0.15) is 11.3 Å². The van der Waals surface area contributed by atoms with Crippen LogP contribution in [-0.4, -0.2) is 43.1 Å². The van der Waals surface area contributed by atoms with Crippen LogP contribution in [0.5, 0.6) is 5.75 Å². The molecule has 0 saturated carbocycles. The molecule has 0 spiro atoms. The zero-order chi connectivity index (χ0) is 17.6. The summed E-state index contributed by atoms with van der Waals surface area (Å²) in [5.41, 5.74) is 0.203. The summed E-state index contributed by atoms with van der Waals surface area (Å²) >= 11 is 0. The summed E-state index contributed by atoms with van der Waals surface area (Å²) in [6, 6.07) is 9.90. The molecule has 0 aromatic heterocycles. The number of hydrogen-bond acceptors (Lipinski definition) is 4. The van der Waals surface area contributed by atoms with Gasteiger partial charge in [-0.3, -0.25) is 4.79 Å². The number of carbonyl (C=O) groups is 1. The maximum Gasteiger partial charge on any atom is 0.225 e. The van der Waals surface area contributed by atoms with Crippen LogP contribution in [0.1, 0.15) is 32.3 Å². The predicted octanol–water partition coefficient (Wildman–Crippen LogP) is 2.37. The SMILES string of the molecule is CC(C)COc1ccc(CC(=O)NC2(C#N)CCN(C)CC2)cc1. The molecule has 1 aliphatic rings. The quantitative estimate of drug-likeness (QED) is 0.870. The van der Waals surface area contributed by atoms with Gasteiger partial charge in [-0.2, -0.15) is 5.26 Å². The molecule has 1 aromatic carbocycles. The van der Waals surface area contributed by atoms with Crippen LogP contribution in [0.3, 0.4) is 0 Å². The predicted molar refractivity (Wildman–Crippen MR) is 93.7 cm³/mol. The molecule has 130 valence electrons. The zero-order valence-electron chi connectivity index (χ0n) is 14.8. The van der Waals surface area contributed by atoms with Crippen molar-refractivity contribution in [1.82, 2.24) is 10.2 Å². The highest BCUT2D eigenvalue weighted by atomic mass is 16.5. The minimum absolute atomic E-state index is 0.100. The summed E-state index contributed by atoms with van der Waals surface area (Å²) in [5, 5.41) is 12.4. The van der Waals surface area contributed by atoms with Crippen molar-refractivity contribution in [1.29, 1.82) is 5.26 Å². The minimum atomic E-state index is -0.718. The first kappa shape index (κ1) is 18.3. The van der Waals surface area contributed by atoms with Crippen LogP contribution in [0.15, 0.2) is 24.3 Å². The van der Waals surface area contributed by atoms with Crippen molar-refractivity contribution in [3.8, 4) is 11.8 Å². The van der Waals surface area contributed by atoms with E-state index in [1.54, 1.807) is 0 Å². The Hall–Kier alpha value is -2.06. The number of rotatable bonds is 6. The van der Waals surface area contributed by atoms with Gasteiger partial charge in [0, 0.05) is 13.1 Å². The van der Waals surface area contributed by atoms with Crippen molar-refractivity contribution in [2.45, 2.75) is 38.6 Å². The van der Waals surface area contributed by atoms with Gasteiger partial charge in [0.25, 0.3) is 0 Å². The molecule has 5 nitrogen and oxygen atoms in total. The Kier molecular flexibility index (Phi) is 6.22. The van der Waals surface area contributed by atoms with Crippen LogP contribution < -0.4 is 10.1 Å². The van der Waals surface area contributed by atoms with E-state index < -0.39 is 5.54 Å². The molecule has 0 aliphatic carbocycles. The fourth-order valence-corrected chi connectivity index (χ4v) is 2.73. The molecule has 1 fully saturated rings. The van der Waals surface area contributed by atoms with Crippen LogP contribution in [0, 0.1) is 17.2 Å². The zero-order valence-corrected chi connectivity index (χ0v) is 14.8. The fourth-order valence-electron chi connectivity index (χ4n) is 2.73. The van der Waals surface area contributed by atoms with Crippen LogP contribution in [0.2, 0.25) is 0 Å². The number of likely N-dealkylation sites (tertiary alicyclic amines) is 1. The molecule has 0 bridgehead atoms. The number of nitrogens with zero attached hydrogens (tertiary/aromatic N) is 2. The van der Waals surface area contributed by atoms with E-state index in [1.165, 1.54) is 0 Å². The number of ether oxygens (including phenoxy) is 1. The van der Waals surface area contributed by atoms with Gasteiger partial charge < -0.3 is 15.0 Å². The minimum Gasteiger partial charge on any atom is -0.493 e. The molecule has 2 rings (SSSR count). The van der Waals surface area contributed by atoms with E-state index in [-0.39, 0.29) is 12.3 Å². The Morgan fingerprint density at radius 3 is 2.50 bits per heavy atom. The fraction of sp³-hybridized carbons (Fsp3) is 0.579. The second kappa shape index (κ2) is 8.16. The van der Waals surface area contributed by atoms with Gasteiger partial charge in [-0.25, -0.2) is 0 Å². The lowest BCUT2D eigenvalue weighted by Gasteiger charge is -2.36. The summed E-state index contributed by atoms with van der Waals surface area (Å²) in [5.74, 6) is 1.20. The van der Waals surface area contributed by atoms with E-state index in [1.807, 2.05) is 31.3 Å². The van der Waals surface area contributed by atoms with Crippen molar-refractivity contribution in [3.63, 3.8) is 0 Å². The van der Waals surface area contributed by atoms with E-state index in [0.29, 0.717) is 25.4 Å². The summed E-state index contributed by atoms with van der Waals surface area (Å²) in [4.78, 5) is 14.5. The van der Waals surface area contributed by atoms with Crippen LogP contribution >= 0.6 is 0 Å². The Bertz CT molecular complexity index is 582. The lowest BCUT2D eigenvalue weighted by molar-refractivity contribution is -0.122. The molecule has 1 amide bonds. The van der Waals surface area contributed by atoms with Gasteiger partial charge in [0.2, 0.25) is 5.91 Å². The van der Waals surface area contributed by atoms with Crippen LogP contribution in [-0.2, 0) is 11.2 Å². The molecule has 1 N–H and O–H groups in total. The van der Waals surface area contributed by atoms with Crippen molar-refractivity contribution in [2.24, 2.45) is 5.92 Å². The van der Waals surface area contributed by atoms with Crippen molar-refractivity contribution in [3.05, 3.63) is 29.8 Å². The molecule has 0 unspecified atom stereocenters. The highest BCUT2D eigenvalue weighted by Crippen LogP contribution is 2.21. The average Bonchev–Trinajstić information content (AvgIpc) is 2.56. The molecular weight excluding hydrogens is 302 g/mol. The Labute approximate surface area is 144 Å². The van der Waals surface area contributed by atoms with Crippen molar-refractivity contribution >= 4 is 5.91 Å². The third-order valence-electron chi connectivity index (χ3n) is 4.30. The summed E-state index contributed by atoms with van der Waals surface area (Å²) in [6.07, 6.45) is 1.63. The molecule has 1 heterocycles. The van der Waals surface area contributed by atoms with Gasteiger partial charge in [-0.1, -0.05) is 26.0 Å². The molecule has 0 atom stereocenters. The first-order chi connectivity index (χ1) is 11.4. The third kappa shape index (κ3) is 5.24. The molecule has 5 heteroatoms.